The van der Waals surface area contributed by atoms with Gasteiger partial charge in [0.05, 0.1) is 6.54 Å². The van der Waals surface area contributed by atoms with Crippen molar-refractivity contribution >= 4 is 35.1 Å². The van der Waals surface area contributed by atoms with Crippen molar-refractivity contribution in [3.8, 4) is 0 Å². The Morgan fingerprint density at radius 3 is 2.42 bits per heavy atom. The van der Waals surface area contributed by atoms with Gasteiger partial charge in [0.25, 0.3) is 5.91 Å². The van der Waals surface area contributed by atoms with E-state index < -0.39 is 23.3 Å². The first-order valence-corrected chi connectivity index (χ1v) is 7.92. The lowest BCUT2D eigenvalue weighted by Gasteiger charge is -2.23. The molecule has 124 valence electrons. The van der Waals surface area contributed by atoms with Crippen molar-refractivity contribution in [3.63, 3.8) is 0 Å². The van der Waals surface area contributed by atoms with E-state index in [0.29, 0.717) is 10.6 Å². The molecule has 1 heterocycles. The molecule has 24 heavy (non-hydrogen) atoms. The van der Waals surface area contributed by atoms with Gasteiger partial charge in [0.15, 0.2) is 0 Å². The highest BCUT2D eigenvalue weighted by Gasteiger charge is 2.50. The van der Waals surface area contributed by atoms with Gasteiger partial charge in [-0.15, -0.1) is 0 Å². The summed E-state index contributed by atoms with van der Waals surface area (Å²) < 4.78 is 14.0. The summed E-state index contributed by atoms with van der Waals surface area (Å²) in [6.07, 6.45) is 0. The molecule has 2 aromatic carbocycles. The maximum Gasteiger partial charge on any atom is 0.325 e. The molecule has 3 rings (SSSR count). The van der Waals surface area contributed by atoms with Crippen molar-refractivity contribution in [1.82, 2.24) is 10.2 Å². The van der Waals surface area contributed by atoms with Gasteiger partial charge in [0.1, 0.15) is 11.4 Å². The second-order valence-corrected chi connectivity index (χ2v) is 6.44. The Morgan fingerprint density at radius 2 is 1.75 bits per heavy atom. The normalized spacial score (nSPS) is 20.4. The fourth-order valence-electron chi connectivity index (χ4n) is 2.73. The fourth-order valence-corrected chi connectivity index (χ4v) is 3.28. The van der Waals surface area contributed by atoms with Crippen LogP contribution in [0.5, 0.6) is 0 Å². The predicted octanol–water partition coefficient (Wildman–Crippen LogP) is 4.10. The zero-order valence-corrected chi connectivity index (χ0v) is 14.2. The van der Waals surface area contributed by atoms with E-state index in [4.69, 9.17) is 23.2 Å². The molecule has 0 bridgehead atoms. The van der Waals surface area contributed by atoms with E-state index in [-0.39, 0.29) is 17.1 Å². The topological polar surface area (TPSA) is 49.4 Å². The molecule has 1 N–H and O–H groups in total. The zero-order chi connectivity index (χ0) is 17.5. The van der Waals surface area contributed by atoms with Crippen LogP contribution < -0.4 is 5.32 Å². The van der Waals surface area contributed by atoms with Gasteiger partial charge in [-0.2, -0.15) is 0 Å². The van der Waals surface area contributed by atoms with Crippen LogP contribution in [0.3, 0.4) is 0 Å². The molecular weight excluding hydrogens is 354 g/mol. The van der Waals surface area contributed by atoms with Crippen LogP contribution in [0.25, 0.3) is 0 Å². The minimum absolute atomic E-state index is 0.0890. The highest BCUT2D eigenvalue weighted by Crippen LogP contribution is 2.34. The number of hydrogen-bond acceptors (Lipinski definition) is 2. The van der Waals surface area contributed by atoms with E-state index in [1.54, 1.807) is 31.2 Å². The second-order valence-electron chi connectivity index (χ2n) is 5.63. The van der Waals surface area contributed by atoms with E-state index in [0.717, 1.165) is 4.90 Å². The van der Waals surface area contributed by atoms with Crippen LogP contribution in [-0.4, -0.2) is 16.8 Å². The summed E-state index contributed by atoms with van der Waals surface area (Å²) in [5.41, 5.74) is -0.745. The molecule has 1 atom stereocenters. The Labute approximate surface area is 148 Å². The van der Waals surface area contributed by atoms with Gasteiger partial charge in [-0.25, -0.2) is 9.18 Å². The first-order chi connectivity index (χ1) is 11.3. The van der Waals surface area contributed by atoms with Crippen molar-refractivity contribution in [2.75, 3.05) is 0 Å². The van der Waals surface area contributed by atoms with E-state index in [1.165, 1.54) is 18.2 Å². The summed E-state index contributed by atoms with van der Waals surface area (Å²) in [4.78, 5) is 26.1. The minimum Gasteiger partial charge on any atom is -0.319 e. The first kappa shape index (κ1) is 16.7. The molecule has 0 radical (unpaired) electrons. The Hall–Kier alpha value is -2.11. The average molecular weight is 367 g/mol. The monoisotopic (exact) mass is 366 g/mol. The van der Waals surface area contributed by atoms with Crippen LogP contribution in [0.4, 0.5) is 9.18 Å². The lowest BCUT2D eigenvalue weighted by atomic mass is 9.92. The number of rotatable bonds is 3. The Balaban J connectivity index is 1.97. The number of urea groups is 1. The second kappa shape index (κ2) is 6.07. The number of nitrogens with zero attached hydrogens (tertiary/aromatic N) is 1. The van der Waals surface area contributed by atoms with Gasteiger partial charge in [-0.1, -0.05) is 47.5 Å². The third-order valence-corrected chi connectivity index (χ3v) is 4.75. The summed E-state index contributed by atoms with van der Waals surface area (Å²) in [7, 11) is 0. The van der Waals surface area contributed by atoms with E-state index in [1.807, 2.05) is 0 Å². The smallest absolute Gasteiger partial charge is 0.319 e. The fraction of sp³-hybridized carbons (Fsp3) is 0.176. The van der Waals surface area contributed by atoms with Crippen molar-refractivity contribution < 1.29 is 14.0 Å². The van der Waals surface area contributed by atoms with Crippen LogP contribution in [0.1, 0.15) is 18.1 Å². The Kier molecular flexibility index (Phi) is 4.24. The summed E-state index contributed by atoms with van der Waals surface area (Å²) in [5.74, 6) is -1.09. The summed E-state index contributed by atoms with van der Waals surface area (Å²) in [6.45, 7) is 1.31. The van der Waals surface area contributed by atoms with Crippen LogP contribution in [0.2, 0.25) is 10.0 Å². The number of halogens is 3. The van der Waals surface area contributed by atoms with Crippen LogP contribution in [0, 0.1) is 5.82 Å². The summed E-state index contributed by atoms with van der Waals surface area (Å²) in [6, 6.07) is 10.3. The number of imide groups is 1. The van der Waals surface area contributed by atoms with E-state index in [2.05, 4.69) is 5.32 Å². The number of carbonyl (C=O) groups is 2. The van der Waals surface area contributed by atoms with E-state index in [9.17, 15) is 14.0 Å². The van der Waals surface area contributed by atoms with Gasteiger partial charge in [0.2, 0.25) is 0 Å². The molecule has 0 aromatic heterocycles. The third-order valence-electron chi connectivity index (χ3n) is 4.07. The highest BCUT2D eigenvalue weighted by atomic mass is 35.5. The number of amides is 3. The van der Waals surface area contributed by atoms with Crippen LogP contribution in [-0.2, 0) is 16.9 Å². The molecule has 1 fully saturated rings. The molecule has 7 heteroatoms. The zero-order valence-electron chi connectivity index (χ0n) is 12.6. The SMILES string of the molecule is CC1(c2ccccc2Cl)NC(=O)N(Cc2c(F)cccc2Cl)C1=O. The van der Waals surface area contributed by atoms with E-state index >= 15 is 0 Å². The van der Waals surface area contributed by atoms with Crippen molar-refractivity contribution in [2.45, 2.75) is 19.0 Å². The maximum absolute atomic E-state index is 14.0. The number of nitrogens with one attached hydrogen (secondary N) is 1. The van der Waals surface area contributed by atoms with Crippen LogP contribution >= 0.6 is 23.2 Å². The highest BCUT2D eigenvalue weighted by molar-refractivity contribution is 6.32. The largest absolute Gasteiger partial charge is 0.325 e. The van der Waals surface area contributed by atoms with Crippen molar-refractivity contribution in [1.29, 1.82) is 0 Å². The summed E-state index contributed by atoms with van der Waals surface area (Å²) in [5, 5.41) is 3.15. The molecule has 0 spiro atoms. The standard InChI is InChI=1S/C17H13Cl2FN2O2/c1-17(11-5-2-3-6-13(11)19)15(23)22(16(24)21-17)9-10-12(18)7-4-8-14(10)20/h2-8H,9H2,1H3,(H,21,24). The van der Waals surface area contributed by atoms with Crippen LogP contribution in [0.15, 0.2) is 42.5 Å². The molecule has 0 aliphatic carbocycles. The minimum atomic E-state index is -1.31. The van der Waals surface area contributed by atoms with Gasteiger partial charge in [0, 0.05) is 21.2 Å². The number of carbonyl (C=O) groups excluding carboxylic acids is 2. The molecule has 1 unspecified atom stereocenters. The van der Waals surface area contributed by atoms with Gasteiger partial charge in [-0.3, -0.25) is 9.69 Å². The molecule has 3 amide bonds. The number of benzene rings is 2. The molecule has 1 aliphatic rings. The Morgan fingerprint density at radius 1 is 1.08 bits per heavy atom. The average Bonchev–Trinajstić information content (AvgIpc) is 2.75. The quantitative estimate of drug-likeness (QED) is 0.831. The predicted molar refractivity (Wildman–Crippen MR) is 89.3 cm³/mol. The Bertz CT molecular complexity index is 823. The third kappa shape index (κ3) is 2.64. The summed E-state index contributed by atoms with van der Waals surface area (Å²) >= 11 is 12.1. The van der Waals surface area contributed by atoms with Gasteiger partial charge >= 0.3 is 6.03 Å². The van der Waals surface area contributed by atoms with Gasteiger partial charge < -0.3 is 5.32 Å². The molecule has 2 aromatic rings. The first-order valence-electron chi connectivity index (χ1n) is 7.16. The molecular formula is C17H13Cl2FN2O2. The van der Waals surface area contributed by atoms with Crippen molar-refractivity contribution in [3.05, 3.63) is 69.5 Å². The van der Waals surface area contributed by atoms with Crippen molar-refractivity contribution in [2.24, 2.45) is 0 Å². The lowest BCUT2D eigenvalue weighted by Crippen LogP contribution is -2.41. The number of hydrogen-bond donors (Lipinski definition) is 1. The molecule has 0 saturated carbocycles. The molecule has 1 aliphatic heterocycles. The maximum atomic E-state index is 14.0. The lowest BCUT2D eigenvalue weighted by molar-refractivity contribution is -0.131. The molecule has 1 saturated heterocycles. The van der Waals surface area contributed by atoms with Gasteiger partial charge in [-0.05, 0) is 25.1 Å². The molecule has 4 nitrogen and oxygen atoms in total.